The number of methoxy groups -OCH3 is 1. The molecule has 3 rings (SSSR count). The van der Waals surface area contributed by atoms with Gasteiger partial charge in [0.05, 0.1) is 6.10 Å². The lowest BCUT2D eigenvalue weighted by molar-refractivity contribution is 0.0350. The largest absolute Gasteiger partial charge is 0.381 e. The average molecular weight is 316 g/mol. The zero-order valence-corrected chi connectivity index (χ0v) is 14.3. The third-order valence-electron chi connectivity index (χ3n) is 5.22. The van der Waals surface area contributed by atoms with Crippen LogP contribution in [0.3, 0.4) is 0 Å². The summed E-state index contributed by atoms with van der Waals surface area (Å²) in [4.78, 5) is 14.8. The molecule has 2 heterocycles. The Labute approximate surface area is 139 Å². The van der Waals surface area contributed by atoms with Gasteiger partial charge in [-0.3, -0.25) is 4.79 Å². The molecule has 2 fully saturated rings. The second-order valence-electron chi connectivity index (χ2n) is 6.88. The van der Waals surface area contributed by atoms with E-state index in [2.05, 4.69) is 24.4 Å². The summed E-state index contributed by atoms with van der Waals surface area (Å²) in [6.45, 7) is 5.85. The minimum Gasteiger partial charge on any atom is -0.381 e. The van der Waals surface area contributed by atoms with Gasteiger partial charge in [0.1, 0.15) is 0 Å². The first-order valence-corrected chi connectivity index (χ1v) is 8.81. The van der Waals surface area contributed by atoms with E-state index in [1.165, 1.54) is 11.1 Å². The van der Waals surface area contributed by atoms with Gasteiger partial charge in [0.15, 0.2) is 0 Å². The lowest BCUT2D eigenvalue weighted by Gasteiger charge is -2.31. The van der Waals surface area contributed by atoms with Crippen molar-refractivity contribution in [1.82, 2.24) is 10.2 Å². The number of carbonyl (C=O) groups is 1. The topological polar surface area (TPSA) is 41.6 Å². The molecule has 0 aliphatic carbocycles. The Bertz CT molecular complexity index is 544. The minimum atomic E-state index is 0.179. The Morgan fingerprint density at radius 3 is 2.48 bits per heavy atom. The number of nitrogens with one attached hydrogen (secondary N) is 1. The van der Waals surface area contributed by atoms with Crippen LogP contribution in [0.4, 0.5) is 0 Å². The molecule has 0 spiro atoms. The number of rotatable bonds is 3. The standard InChI is InChI=1S/C19H28N2O2/c1-14-11-16(15-3-7-20-8-4-15)13-17(12-14)19(22)21-9-5-18(23-2)6-10-21/h11-13,15,18,20H,3-10H2,1-2H3. The van der Waals surface area contributed by atoms with Gasteiger partial charge in [-0.1, -0.05) is 11.6 Å². The number of benzene rings is 1. The van der Waals surface area contributed by atoms with E-state index >= 15 is 0 Å². The molecule has 1 aromatic rings. The summed E-state index contributed by atoms with van der Waals surface area (Å²) < 4.78 is 5.40. The third-order valence-corrected chi connectivity index (χ3v) is 5.22. The highest BCUT2D eigenvalue weighted by molar-refractivity contribution is 5.94. The van der Waals surface area contributed by atoms with Crippen LogP contribution in [-0.4, -0.2) is 50.2 Å². The van der Waals surface area contributed by atoms with Crippen molar-refractivity contribution in [2.45, 2.75) is 44.6 Å². The van der Waals surface area contributed by atoms with Crippen molar-refractivity contribution in [3.63, 3.8) is 0 Å². The molecule has 126 valence electrons. The first-order chi connectivity index (χ1) is 11.2. The third kappa shape index (κ3) is 3.93. The van der Waals surface area contributed by atoms with E-state index < -0.39 is 0 Å². The molecule has 0 aromatic heterocycles. The van der Waals surface area contributed by atoms with Gasteiger partial charge < -0.3 is 15.0 Å². The predicted octanol–water partition coefficient (Wildman–Crippen LogP) is 2.71. The predicted molar refractivity (Wildman–Crippen MR) is 92.0 cm³/mol. The van der Waals surface area contributed by atoms with Gasteiger partial charge in [-0.25, -0.2) is 0 Å². The summed E-state index contributed by atoms with van der Waals surface area (Å²) in [5.74, 6) is 0.764. The van der Waals surface area contributed by atoms with Crippen LogP contribution in [0.1, 0.15) is 53.1 Å². The maximum absolute atomic E-state index is 12.9. The number of piperidine rings is 2. The first-order valence-electron chi connectivity index (χ1n) is 8.81. The van der Waals surface area contributed by atoms with Crippen LogP contribution in [0, 0.1) is 6.92 Å². The van der Waals surface area contributed by atoms with Gasteiger partial charge in [0, 0.05) is 25.8 Å². The molecule has 0 saturated carbocycles. The van der Waals surface area contributed by atoms with Crippen LogP contribution in [-0.2, 0) is 4.74 Å². The number of nitrogens with zero attached hydrogens (tertiary/aromatic N) is 1. The van der Waals surface area contributed by atoms with Gasteiger partial charge in [0.2, 0.25) is 0 Å². The number of ether oxygens (including phenoxy) is 1. The number of hydrogen-bond acceptors (Lipinski definition) is 3. The van der Waals surface area contributed by atoms with E-state index in [0.29, 0.717) is 12.0 Å². The monoisotopic (exact) mass is 316 g/mol. The Morgan fingerprint density at radius 2 is 1.83 bits per heavy atom. The smallest absolute Gasteiger partial charge is 0.253 e. The molecule has 0 radical (unpaired) electrons. The number of hydrogen-bond donors (Lipinski definition) is 1. The number of aryl methyl sites for hydroxylation is 1. The molecule has 4 heteroatoms. The fourth-order valence-corrected chi connectivity index (χ4v) is 3.80. The Balaban J connectivity index is 1.74. The first kappa shape index (κ1) is 16.5. The van der Waals surface area contributed by atoms with Gasteiger partial charge in [0.25, 0.3) is 5.91 Å². The van der Waals surface area contributed by atoms with Crippen molar-refractivity contribution in [3.8, 4) is 0 Å². The fraction of sp³-hybridized carbons (Fsp3) is 0.632. The van der Waals surface area contributed by atoms with E-state index in [1.807, 2.05) is 11.0 Å². The van der Waals surface area contributed by atoms with E-state index in [4.69, 9.17) is 4.74 Å². The molecule has 2 aliphatic heterocycles. The van der Waals surface area contributed by atoms with E-state index in [9.17, 15) is 4.79 Å². The van der Waals surface area contributed by atoms with Crippen molar-refractivity contribution in [2.75, 3.05) is 33.3 Å². The maximum Gasteiger partial charge on any atom is 0.253 e. The van der Waals surface area contributed by atoms with Crippen molar-refractivity contribution in [1.29, 1.82) is 0 Å². The van der Waals surface area contributed by atoms with Crippen LogP contribution in [0.15, 0.2) is 18.2 Å². The molecule has 1 amide bonds. The lowest BCUT2D eigenvalue weighted by Crippen LogP contribution is -2.40. The lowest BCUT2D eigenvalue weighted by atomic mass is 9.88. The van der Waals surface area contributed by atoms with Gasteiger partial charge >= 0.3 is 0 Å². The molecule has 4 nitrogen and oxygen atoms in total. The van der Waals surface area contributed by atoms with Gasteiger partial charge in [-0.05, 0) is 69.3 Å². The number of amides is 1. The highest BCUT2D eigenvalue weighted by atomic mass is 16.5. The van der Waals surface area contributed by atoms with E-state index in [1.54, 1.807) is 7.11 Å². The van der Waals surface area contributed by atoms with Crippen molar-refractivity contribution in [2.24, 2.45) is 0 Å². The average Bonchev–Trinajstić information content (AvgIpc) is 2.61. The van der Waals surface area contributed by atoms with Gasteiger partial charge in [-0.15, -0.1) is 0 Å². The van der Waals surface area contributed by atoms with Crippen LogP contribution < -0.4 is 5.32 Å². The van der Waals surface area contributed by atoms with E-state index in [0.717, 1.165) is 57.4 Å². The summed E-state index contributed by atoms with van der Waals surface area (Å²) >= 11 is 0. The highest BCUT2D eigenvalue weighted by Gasteiger charge is 2.24. The zero-order valence-electron chi connectivity index (χ0n) is 14.3. The highest BCUT2D eigenvalue weighted by Crippen LogP contribution is 2.27. The fourth-order valence-electron chi connectivity index (χ4n) is 3.80. The van der Waals surface area contributed by atoms with Crippen LogP contribution >= 0.6 is 0 Å². The SMILES string of the molecule is COC1CCN(C(=O)c2cc(C)cc(C3CCNCC3)c2)CC1. The molecule has 1 N–H and O–H groups in total. The van der Waals surface area contributed by atoms with E-state index in [-0.39, 0.29) is 5.91 Å². The molecular formula is C19H28N2O2. The Hall–Kier alpha value is -1.39. The Kier molecular flexibility index (Phi) is 5.34. The molecule has 0 bridgehead atoms. The minimum absolute atomic E-state index is 0.179. The molecular weight excluding hydrogens is 288 g/mol. The Morgan fingerprint density at radius 1 is 1.13 bits per heavy atom. The molecule has 0 unspecified atom stereocenters. The maximum atomic E-state index is 12.9. The quantitative estimate of drug-likeness (QED) is 0.932. The molecule has 1 aromatic carbocycles. The molecule has 2 saturated heterocycles. The van der Waals surface area contributed by atoms with Crippen molar-refractivity contribution in [3.05, 3.63) is 34.9 Å². The molecule has 0 atom stereocenters. The second kappa shape index (κ2) is 7.45. The summed E-state index contributed by atoms with van der Waals surface area (Å²) in [6.07, 6.45) is 4.51. The number of likely N-dealkylation sites (tertiary alicyclic amines) is 1. The van der Waals surface area contributed by atoms with Crippen molar-refractivity contribution < 1.29 is 9.53 Å². The molecule has 23 heavy (non-hydrogen) atoms. The summed E-state index contributed by atoms with van der Waals surface area (Å²) in [6, 6.07) is 6.42. The van der Waals surface area contributed by atoms with Crippen LogP contribution in [0.5, 0.6) is 0 Å². The normalized spacial score (nSPS) is 20.7. The molecule has 2 aliphatic rings. The summed E-state index contributed by atoms with van der Waals surface area (Å²) in [5, 5.41) is 3.41. The summed E-state index contributed by atoms with van der Waals surface area (Å²) in [7, 11) is 1.76. The van der Waals surface area contributed by atoms with Gasteiger partial charge in [-0.2, -0.15) is 0 Å². The zero-order chi connectivity index (χ0) is 16.2. The van der Waals surface area contributed by atoms with Crippen LogP contribution in [0.25, 0.3) is 0 Å². The van der Waals surface area contributed by atoms with Crippen molar-refractivity contribution >= 4 is 5.91 Å². The second-order valence-corrected chi connectivity index (χ2v) is 6.88. The summed E-state index contributed by atoms with van der Waals surface area (Å²) in [5.41, 5.74) is 3.38. The van der Waals surface area contributed by atoms with Crippen LogP contribution in [0.2, 0.25) is 0 Å². The number of carbonyl (C=O) groups excluding carboxylic acids is 1.